The van der Waals surface area contributed by atoms with Crippen molar-refractivity contribution in [1.82, 2.24) is 9.88 Å². The number of H-pyrrole nitrogens is 1. The molecule has 0 aliphatic heterocycles. The van der Waals surface area contributed by atoms with E-state index in [2.05, 4.69) is 10.3 Å². The smallest absolute Gasteiger partial charge is 0.356 e. The molecule has 2 rings (SSSR count). The van der Waals surface area contributed by atoms with E-state index in [4.69, 9.17) is 4.74 Å². The summed E-state index contributed by atoms with van der Waals surface area (Å²) in [6.07, 6.45) is 0. The van der Waals surface area contributed by atoms with E-state index in [1.54, 1.807) is 6.92 Å². The molecule has 0 unspecified atom stereocenters. The number of hydrogen-bond acceptors (Lipinski definition) is 4. The number of rotatable bonds is 7. The van der Waals surface area contributed by atoms with Gasteiger partial charge < -0.3 is 15.0 Å². The molecule has 1 amide bonds. The highest BCUT2D eigenvalue weighted by Crippen LogP contribution is 2.29. The van der Waals surface area contributed by atoms with Crippen LogP contribution in [0.5, 0.6) is 0 Å². The maximum atomic E-state index is 13.6. The van der Waals surface area contributed by atoms with Gasteiger partial charge >= 0.3 is 5.97 Å². The van der Waals surface area contributed by atoms with Crippen molar-refractivity contribution in [3.8, 4) is 0 Å². The van der Waals surface area contributed by atoms with E-state index in [1.807, 2.05) is 18.7 Å². The molecule has 0 aliphatic carbocycles. The molecule has 6 nitrogen and oxygen atoms in total. The fourth-order valence-corrected chi connectivity index (χ4v) is 2.48. The maximum absolute atomic E-state index is 13.6. The monoisotopic (exact) mass is 335 g/mol. The first kappa shape index (κ1) is 17.9. The van der Waals surface area contributed by atoms with Gasteiger partial charge in [-0.2, -0.15) is 0 Å². The van der Waals surface area contributed by atoms with Gasteiger partial charge in [0.1, 0.15) is 11.5 Å². The van der Waals surface area contributed by atoms with Crippen LogP contribution < -0.4 is 5.32 Å². The number of fused-ring (bicyclic) bond motifs is 1. The van der Waals surface area contributed by atoms with Gasteiger partial charge in [0.15, 0.2) is 0 Å². The van der Waals surface area contributed by atoms with Gasteiger partial charge in [-0.3, -0.25) is 9.69 Å². The van der Waals surface area contributed by atoms with Gasteiger partial charge in [-0.05, 0) is 38.2 Å². The number of carbonyl (C=O) groups excluding carboxylic acids is 2. The fourth-order valence-electron chi connectivity index (χ4n) is 2.48. The first-order chi connectivity index (χ1) is 11.5. The Morgan fingerprint density at radius 3 is 2.58 bits per heavy atom. The van der Waals surface area contributed by atoms with Crippen molar-refractivity contribution in [2.75, 3.05) is 31.6 Å². The van der Waals surface area contributed by atoms with Gasteiger partial charge in [0, 0.05) is 10.9 Å². The topological polar surface area (TPSA) is 74.4 Å². The van der Waals surface area contributed by atoms with E-state index in [0.29, 0.717) is 10.9 Å². The average molecular weight is 335 g/mol. The molecule has 7 heteroatoms. The molecule has 0 saturated heterocycles. The van der Waals surface area contributed by atoms with Crippen LogP contribution in [-0.4, -0.2) is 48.0 Å². The molecular weight excluding hydrogens is 313 g/mol. The predicted octanol–water partition coefficient (Wildman–Crippen LogP) is 2.76. The van der Waals surface area contributed by atoms with E-state index in [1.165, 1.54) is 18.2 Å². The SMILES string of the molecule is CCOC(=O)c1[nH]c2ccc(F)cc2c1NC(=O)CN(CC)CC. The second-order valence-corrected chi connectivity index (χ2v) is 5.29. The van der Waals surface area contributed by atoms with Gasteiger partial charge in [-0.1, -0.05) is 13.8 Å². The summed E-state index contributed by atoms with van der Waals surface area (Å²) in [5.74, 6) is -1.31. The standard InChI is InChI=1S/C17H22FN3O3/c1-4-21(5-2)10-14(22)20-15-12-9-11(18)7-8-13(12)19-16(15)17(23)24-6-3/h7-9,19H,4-6,10H2,1-3H3,(H,20,22). The van der Waals surface area contributed by atoms with E-state index in [0.717, 1.165) is 13.1 Å². The van der Waals surface area contributed by atoms with Crippen LogP contribution in [0.4, 0.5) is 10.1 Å². The molecule has 0 spiro atoms. The van der Waals surface area contributed by atoms with Crippen molar-refractivity contribution in [3.63, 3.8) is 0 Å². The van der Waals surface area contributed by atoms with Gasteiger partial charge in [0.2, 0.25) is 5.91 Å². The zero-order valence-corrected chi connectivity index (χ0v) is 14.1. The molecule has 130 valence electrons. The quantitative estimate of drug-likeness (QED) is 0.763. The summed E-state index contributed by atoms with van der Waals surface area (Å²) in [6.45, 7) is 7.48. The molecule has 0 bridgehead atoms. The van der Waals surface area contributed by atoms with Crippen molar-refractivity contribution in [2.45, 2.75) is 20.8 Å². The third-order valence-corrected chi connectivity index (χ3v) is 3.77. The van der Waals surface area contributed by atoms with Crippen molar-refractivity contribution in [2.24, 2.45) is 0 Å². The number of esters is 1. The number of anilines is 1. The lowest BCUT2D eigenvalue weighted by Crippen LogP contribution is -2.33. The molecular formula is C17H22FN3O3. The lowest BCUT2D eigenvalue weighted by atomic mass is 10.2. The number of hydrogen-bond donors (Lipinski definition) is 2. The second-order valence-electron chi connectivity index (χ2n) is 5.29. The highest BCUT2D eigenvalue weighted by Gasteiger charge is 2.21. The van der Waals surface area contributed by atoms with E-state index in [9.17, 15) is 14.0 Å². The third kappa shape index (κ3) is 3.91. The Morgan fingerprint density at radius 1 is 1.25 bits per heavy atom. The predicted molar refractivity (Wildman–Crippen MR) is 90.6 cm³/mol. The molecule has 1 aromatic heterocycles. The molecule has 1 heterocycles. The lowest BCUT2D eigenvalue weighted by Gasteiger charge is -2.17. The van der Waals surface area contributed by atoms with Gasteiger partial charge in [0.25, 0.3) is 0 Å². The minimum Gasteiger partial charge on any atom is -0.461 e. The van der Waals surface area contributed by atoms with Crippen molar-refractivity contribution < 1.29 is 18.7 Å². The van der Waals surface area contributed by atoms with Crippen molar-refractivity contribution in [1.29, 1.82) is 0 Å². The summed E-state index contributed by atoms with van der Waals surface area (Å²) < 4.78 is 18.6. The van der Waals surface area contributed by atoms with Crippen LogP contribution in [0.2, 0.25) is 0 Å². The number of likely N-dealkylation sites (N-methyl/N-ethyl adjacent to an activating group) is 1. The zero-order chi connectivity index (χ0) is 17.7. The summed E-state index contributed by atoms with van der Waals surface area (Å²) >= 11 is 0. The van der Waals surface area contributed by atoms with Gasteiger partial charge in [-0.25, -0.2) is 9.18 Å². The third-order valence-electron chi connectivity index (χ3n) is 3.77. The Bertz CT molecular complexity index is 738. The summed E-state index contributed by atoms with van der Waals surface area (Å²) in [5, 5.41) is 3.16. The second kappa shape index (κ2) is 7.92. The maximum Gasteiger partial charge on any atom is 0.356 e. The number of nitrogens with zero attached hydrogens (tertiary/aromatic N) is 1. The summed E-state index contributed by atoms with van der Waals surface area (Å²) in [5.41, 5.74) is 0.919. The lowest BCUT2D eigenvalue weighted by molar-refractivity contribution is -0.117. The minimum atomic E-state index is -0.591. The fraction of sp³-hybridized carbons (Fsp3) is 0.412. The van der Waals surface area contributed by atoms with Crippen LogP contribution in [0, 0.1) is 5.82 Å². The molecule has 0 saturated carbocycles. The van der Waals surface area contributed by atoms with Crippen LogP contribution >= 0.6 is 0 Å². The first-order valence-corrected chi connectivity index (χ1v) is 8.00. The molecule has 2 aromatic rings. The summed E-state index contributed by atoms with van der Waals surface area (Å²) in [6, 6.07) is 4.09. The van der Waals surface area contributed by atoms with E-state index in [-0.39, 0.29) is 30.4 Å². The molecule has 1 aromatic carbocycles. The molecule has 24 heavy (non-hydrogen) atoms. The molecule has 0 radical (unpaired) electrons. The van der Waals surface area contributed by atoms with Crippen molar-refractivity contribution in [3.05, 3.63) is 29.7 Å². The Hall–Kier alpha value is -2.41. The minimum absolute atomic E-state index is 0.116. The number of nitrogens with one attached hydrogen (secondary N) is 2. The molecule has 0 aliphatic rings. The molecule has 0 atom stereocenters. The highest BCUT2D eigenvalue weighted by atomic mass is 19.1. The largest absolute Gasteiger partial charge is 0.461 e. The number of halogens is 1. The van der Waals surface area contributed by atoms with Gasteiger partial charge in [0.05, 0.1) is 18.8 Å². The Balaban J connectivity index is 2.38. The summed E-state index contributed by atoms with van der Waals surface area (Å²) in [7, 11) is 0. The Labute approximate surface area is 140 Å². The van der Waals surface area contributed by atoms with Gasteiger partial charge in [-0.15, -0.1) is 0 Å². The summed E-state index contributed by atoms with van der Waals surface area (Å²) in [4.78, 5) is 29.2. The number of aromatic nitrogens is 1. The van der Waals surface area contributed by atoms with Crippen LogP contribution in [0.15, 0.2) is 18.2 Å². The Morgan fingerprint density at radius 2 is 1.96 bits per heavy atom. The number of amides is 1. The zero-order valence-electron chi connectivity index (χ0n) is 14.1. The highest BCUT2D eigenvalue weighted by molar-refractivity contribution is 6.11. The first-order valence-electron chi connectivity index (χ1n) is 8.00. The molecule has 0 fully saturated rings. The Kier molecular flexibility index (Phi) is 5.92. The van der Waals surface area contributed by atoms with Crippen LogP contribution in [0.25, 0.3) is 10.9 Å². The average Bonchev–Trinajstić information content (AvgIpc) is 2.91. The van der Waals surface area contributed by atoms with Crippen molar-refractivity contribution >= 4 is 28.5 Å². The number of carbonyl (C=O) groups is 2. The van der Waals surface area contributed by atoms with E-state index >= 15 is 0 Å². The van der Waals surface area contributed by atoms with Crippen LogP contribution in [-0.2, 0) is 9.53 Å². The number of aromatic amines is 1. The van der Waals surface area contributed by atoms with Crippen LogP contribution in [0.3, 0.4) is 0 Å². The molecule has 2 N–H and O–H groups in total. The number of benzene rings is 1. The number of ether oxygens (including phenoxy) is 1. The van der Waals surface area contributed by atoms with E-state index < -0.39 is 11.8 Å². The normalized spacial score (nSPS) is 11.0. The van der Waals surface area contributed by atoms with Crippen LogP contribution in [0.1, 0.15) is 31.3 Å².